The molecule has 0 aromatic heterocycles. The van der Waals surface area contributed by atoms with Crippen LogP contribution in [0.3, 0.4) is 0 Å². The van der Waals surface area contributed by atoms with Gasteiger partial charge in [-0.2, -0.15) is 0 Å². The Morgan fingerprint density at radius 2 is 2.06 bits per heavy atom. The van der Waals surface area contributed by atoms with Crippen molar-refractivity contribution < 1.29 is 9.47 Å². The van der Waals surface area contributed by atoms with Gasteiger partial charge in [-0.1, -0.05) is 0 Å². The molecule has 3 rings (SSSR count). The Hall–Kier alpha value is -0.600. The van der Waals surface area contributed by atoms with Gasteiger partial charge >= 0.3 is 0 Å². The molecule has 2 nitrogen and oxygen atoms in total. The lowest BCUT2D eigenvalue weighted by atomic mass is 9.72. The Morgan fingerprint density at radius 3 is 2.81 bits per heavy atom. The predicted octanol–water partition coefficient (Wildman–Crippen LogP) is 2.90. The largest absolute Gasteiger partial charge is 0.347 e. The lowest BCUT2D eigenvalue weighted by Crippen LogP contribution is -2.45. The van der Waals surface area contributed by atoms with Gasteiger partial charge in [0.05, 0.1) is 50.4 Å². The van der Waals surface area contributed by atoms with Crippen LogP contribution in [0.25, 0.3) is 0 Å². The molecule has 0 amide bonds. The van der Waals surface area contributed by atoms with E-state index in [-0.39, 0.29) is 5.79 Å². The van der Waals surface area contributed by atoms with Crippen LogP contribution in [0.5, 0.6) is 0 Å². The average Bonchev–Trinajstić information content (AvgIpc) is 2.80. The second kappa shape index (κ2) is 4.34. The van der Waals surface area contributed by atoms with Gasteiger partial charge in [0.15, 0.2) is 5.79 Å². The molecule has 1 heterocycles. The van der Waals surface area contributed by atoms with Crippen molar-refractivity contribution in [2.45, 2.75) is 37.9 Å². The average molecular weight is 220 g/mol. The molecular weight excluding hydrogens is 200 g/mol. The lowest BCUT2D eigenvalue weighted by molar-refractivity contribution is -0.216. The van der Waals surface area contributed by atoms with E-state index >= 15 is 0 Å². The van der Waals surface area contributed by atoms with Crippen molar-refractivity contribution in [1.29, 1.82) is 0 Å². The second-order valence-corrected chi connectivity index (χ2v) is 5.04. The molecule has 1 saturated carbocycles. The van der Waals surface area contributed by atoms with E-state index in [0.717, 1.165) is 32.5 Å². The first-order valence-electron chi connectivity index (χ1n) is 6.50. The first-order chi connectivity index (χ1) is 7.91. The zero-order valence-corrected chi connectivity index (χ0v) is 9.73. The summed E-state index contributed by atoms with van der Waals surface area (Å²) in [4.78, 5) is 0. The summed E-state index contributed by atoms with van der Waals surface area (Å²) in [5.41, 5.74) is 0. The molecule has 0 bridgehead atoms. The number of allylic oxidation sites excluding steroid dienone is 2. The fourth-order valence-corrected chi connectivity index (χ4v) is 3.33. The van der Waals surface area contributed by atoms with E-state index < -0.39 is 0 Å². The van der Waals surface area contributed by atoms with Gasteiger partial charge in [0, 0.05) is 25.3 Å². The molecule has 16 heavy (non-hydrogen) atoms. The number of rotatable bonds is 1. The summed E-state index contributed by atoms with van der Waals surface area (Å²) in [6.45, 7) is 1.55. The minimum absolute atomic E-state index is 0.249. The van der Waals surface area contributed by atoms with Gasteiger partial charge in [0.1, 0.15) is 0 Å². The molecule has 1 aliphatic heterocycles. The zero-order chi connectivity index (χ0) is 10.8. The third kappa shape index (κ3) is 1.74. The second-order valence-electron chi connectivity index (χ2n) is 5.04. The van der Waals surface area contributed by atoms with Crippen molar-refractivity contribution in [2.24, 2.45) is 11.8 Å². The van der Waals surface area contributed by atoms with Crippen LogP contribution >= 0.6 is 0 Å². The van der Waals surface area contributed by atoms with Crippen molar-refractivity contribution >= 4 is 0 Å². The van der Waals surface area contributed by atoms with Gasteiger partial charge in [0.25, 0.3) is 0 Å². The van der Waals surface area contributed by atoms with E-state index in [0.29, 0.717) is 11.8 Å². The Morgan fingerprint density at radius 1 is 1.19 bits per heavy atom. The quantitative estimate of drug-likeness (QED) is 0.633. The highest BCUT2D eigenvalue weighted by Gasteiger charge is 2.52. The van der Waals surface area contributed by atoms with Gasteiger partial charge in [0.2, 0.25) is 0 Å². The number of hydrogen-bond acceptors (Lipinski definition) is 2. The van der Waals surface area contributed by atoms with Gasteiger partial charge < -0.3 is 9.47 Å². The highest BCUT2D eigenvalue weighted by Crippen LogP contribution is 2.46. The van der Waals surface area contributed by atoms with Crippen molar-refractivity contribution in [3.05, 3.63) is 25.0 Å². The van der Waals surface area contributed by atoms with Gasteiger partial charge in [-0.15, -0.1) is 0 Å². The van der Waals surface area contributed by atoms with Gasteiger partial charge in [-0.25, -0.2) is 0 Å². The Labute approximate surface area is 98.0 Å². The van der Waals surface area contributed by atoms with E-state index in [1.54, 1.807) is 0 Å². The van der Waals surface area contributed by atoms with E-state index in [9.17, 15) is 0 Å². The smallest absolute Gasteiger partial charge is 0.181 e. The predicted molar refractivity (Wildman–Crippen MR) is 62.4 cm³/mol. The van der Waals surface area contributed by atoms with Crippen LogP contribution in [0.2, 0.25) is 0 Å². The molecule has 2 aliphatic carbocycles. The highest BCUT2D eigenvalue weighted by atomic mass is 16.7. The summed E-state index contributed by atoms with van der Waals surface area (Å²) in [6, 6.07) is 0. The third-order valence-electron chi connectivity index (χ3n) is 4.14. The van der Waals surface area contributed by atoms with E-state index in [1.165, 1.54) is 12.8 Å². The van der Waals surface area contributed by atoms with Crippen molar-refractivity contribution in [2.75, 3.05) is 13.2 Å². The maximum atomic E-state index is 5.96. The summed E-state index contributed by atoms with van der Waals surface area (Å²) in [7, 11) is 0. The van der Waals surface area contributed by atoms with E-state index in [2.05, 4.69) is 25.0 Å². The molecule has 1 spiro atoms. The van der Waals surface area contributed by atoms with Crippen LogP contribution in [0.1, 0.15) is 32.1 Å². The van der Waals surface area contributed by atoms with E-state index in [1.807, 2.05) is 0 Å². The van der Waals surface area contributed by atoms with Crippen LogP contribution in [0.15, 0.2) is 12.2 Å². The molecule has 2 unspecified atom stereocenters. The molecule has 0 aromatic rings. The molecule has 2 fully saturated rings. The number of ether oxygens (including phenoxy) is 2. The summed E-state index contributed by atoms with van der Waals surface area (Å²) < 4.78 is 11.9. The first kappa shape index (κ1) is 10.5. The van der Waals surface area contributed by atoms with Crippen molar-refractivity contribution in [3.8, 4) is 0 Å². The van der Waals surface area contributed by atoms with Gasteiger partial charge in [-0.05, 0) is 6.42 Å². The molecule has 2 heteroatoms. The monoisotopic (exact) mass is 220 g/mol. The highest BCUT2D eigenvalue weighted by molar-refractivity contribution is 5.08. The van der Waals surface area contributed by atoms with Crippen LogP contribution in [0, 0.1) is 24.7 Å². The lowest BCUT2D eigenvalue weighted by Gasteiger charge is -2.38. The Kier molecular flexibility index (Phi) is 2.86. The summed E-state index contributed by atoms with van der Waals surface area (Å²) in [5.74, 6) is 0.925. The standard InChI is InChI=1S/C14H20O2/c1-2-6-12(7-3-1)13-8-4-5-9-14(13)15-10-11-16-14/h1-2,4,6,12-13H,3,5,7-11H2/q+2. The molecular formula is C14H20O2+2. The van der Waals surface area contributed by atoms with Crippen LogP contribution in [-0.2, 0) is 9.47 Å². The third-order valence-corrected chi connectivity index (χ3v) is 4.14. The van der Waals surface area contributed by atoms with E-state index in [4.69, 9.17) is 9.47 Å². The van der Waals surface area contributed by atoms with Crippen molar-refractivity contribution in [1.82, 2.24) is 0 Å². The first-order valence-corrected chi connectivity index (χ1v) is 6.50. The minimum atomic E-state index is -0.249. The Bertz CT molecular complexity index is 266. The zero-order valence-electron chi connectivity index (χ0n) is 9.73. The van der Waals surface area contributed by atoms with Crippen LogP contribution in [-0.4, -0.2) is 19.0 Å². The molecule has 1 saturated heterocycles. The fraction of sp³-hybridized carbons (Fsp3) is 0.714. The minimum Gasteiger partial charge on any atom is -0.347 e. The molecule has 86 valence electrons. The molecule has 0 aromatic carbocycles. The molecule has 3 aliphatic rings. The number of hydrogen-bond donors (Lipinski definition) is 0. The SMILES string of the molecule is C1=CC(C2C[CH+]CCC23OCCO3)CC[CH+]1. The Balaban J connectivity index is 1.79. The van der Waals surface area contributed by atoms with Crippen molar-refractivity contribution in [3.63, 3.8) is 0 Å². The maximum absolute atomic E-state index is 5.96. The summed E-state index contributed by atoms with van der Waals surface area (Å²) in [5, 5.41) is 0. The molecule has 2 atom stereocenters. The normalized spacial score (nSPS) is 37.0. The van der Waals surface area contributed by atoms with Crippen LogP contribution in [0.4, 0.5) is 0 Å². The van der Waals surface area contributed by atoms with Crippen LogP contribution < -0.4 is 0 Å². The summed E-state index contributed by atoms with van der Waals surface area (Å²) >= 11 is 0. The van der Waals surface area contributed by atoms with Gasteiger partial charge in [-0.3, -0.25) is 0 Å². The molecule has 0 N–H and O–H groups in total. The maximum Gasteiger partial charge on any atom is 0.181 e. The summed E-state index contributed by atoms with van der Waals surface area (Å²) in [6.07, 6.45) is 15.0. The fourth-order valence-electron chi connectivity index (χ4n) is 3.33. The topological polar surface area (TPSA) is 18.5 Å². The molecule has 0 radical (unpaired) electrons.